The fourth-order valence-corrected chi connectivity index (χ4v) is 3.95. The minimum absolute atomic E-state index is 0.0673. The zero-order chi connectivity index (χ0) is 18.0. The normalized spacial score (nSPS) is 14.4. The quantitative estimate of drug-likeness (QED) is 0.841. The van der Waals surface area contributed by atoms with Crippen molar-refractivity contribution < 1.29 is 13.2 Å². The van der Waals surface area contributed by atoms with Crippen molar-refractivity contribution in [2.75, 3.05) is 20.6 Å². The highest BCUT2D eigenvalue weighted by Gasteiger charge is 2.24. The average molecular weight is 358 g/mol. The Balaban J connectivity index is 1.79. The van der Waals surface area contributed by atoms with Crippen molar-refractivity contribution in [2.45, 2.75) is 24.3 Å². The van der Waals surface area contributed by atoms with Crippen molar-refractivity contribution in [1.82, 2.24) is 9.21 Å². The number of amides is 1. The van der Waals surface area contributed by atoms with Crippen LogP contribution < -0.4 is 0 Å². The average Bonchev–Trinajstić information content (AvgIpc) is 2.61. The highest BCUT2D eigenvalue weighted by Crippen LogP contribution is 2.24. The van der Waals surface area contributed by atoms with Gasteiger partial charge in [0.05, 0.1) is 11.3 Å². The third-order valence-electron chi connectivity index (χ3n) is 4.52. The largest absolute Gasteiger partial charge is 0.338 e. The van der Waals surface area contributed by atoms with Crippen LogP contribution in [0.5, 0.6) is 0 Å². The number of hydrogen-bond donors (Lipinski definition) is 0. The first-order valence-corrected chi connectivity index (χ1v) is 9.68. The summed E-state index contributed by atoms with van der Waals surface area (Å²) in [6, 6.07) is 14.9. The maximum Gasteiger partial charge on any atom is 0.242 e. The third kappa shape index (κ3) is 3.75. The Labute approximate surface area is 148 Å². The number of fused-ring (bicyclic) bond motifs is 1. The highest BCUT2D eigenvalue weighted by atomic mass is 32.2. The number of sulfonamides is 1. The lowest BCUT2D eigenvalue weighted by atomic mass is 9.99. The van der Waals surface area contributed by atoms with Crippen LogP contribution in [0.2, 0.25) is 0 Å². The van der Waals surface area contributed by atoms with Gasteiger partial charge in [-0.05, 0) is 35.2 Å². The maximum atomic E-state index is 12.6. The Bertz CT molecular complexity index is 877. The topological polar surface area (TPSA) is 57.7 Å². The molecule has 0 fully saturated rings. The smallest absolute Gasteiger partial charge is 0.242 e. The van der Waals surface area contributed by atoms with Crippen LogP contribution in [-0.2, 0) is 34.2 Å². The van der Waals surface area contributed by atoms with E-state index in [9.17, 15) is 13.2 Å². The van der Waals surface area contributed by atoms with E-state index in [1.807, 2.05) is 36.4 Å². The van der Waals surface area contributed by atoms with Gasteiger partial charge in [0.15, 0.2) is 0 Å². The van der Waals surface area contributed by atoms with Gasteiger partial charge in [-0.2, -0.15) is 0 Å². The van der Waals surface area contributed by atoms with Gasteiger partial charge in [-0.15, -0.1) is 0 Å². The van der Waals surface area contributed by atoms with Crippen molar-refractivity contribution in [2.24, 2.45) is 0 Å². The van der Waals surface area contributed by atoms with E-state index < -0.39 is 10.0 Å². The SMILES string of the molecule is CN(C)S(=O)(=O)c1ccc2c(c1)CN(C(=O)Cc1ccccc1)CC2. The molecule has 2 aromatic carbocycles. The monoisotopic (exact) mass is 358 g/mol. The summed E-state index contributed by atoms with van der Waals surface area (Å²) >= 11 is 0. The van der Waals surface area contributed by atoms with Crippen LogP contribution in [0.4, 0.5) is 0 Å². The van der Waals surface area contributed by atoms with Crippen molar-refractivity contribution in [1.29, 1.82) is 0 Å². The highest BCUT2D eigenvalue weighted by molar-refractivity contribution is 7.89. The number of hydrogen-bond acceptors (Lipinski definition) is 3. The molecule has 0 unspecified atom stereocenters. The molecule has 1 amide bonds. The second kappa shape index (κ2) is 6.98. The summed E-state index contributed by atoms with van der Waals surface area (Å²) < 4.78 is 25.8. The van der Waals surface area contributed by atoms with Crippen molar-refractivity contribution in [3.8, 4) is 0 Å². The molecule has 5 nitrogen and oxygen atoms in total. The number of nitrogens with zero attached hydrogens (tertiary/aromatic N) is 2. The van der Waals surface area contributed by atoms with Gasteiger partial charge in [0.2, 0.25) is 15.9 Å². The molecule has 0 saturated heterocycles. The zero-order valence-electron chi connectivity index (χ0n) is 14.5. The second-order valence-corrected chi connectivity index (χ2v) is 8.60. The third-order valence-corrected chi connectivity index (χ3v) is 6.33. The minimum atomic E-state index is -3.47. The molecular formula is C19H22N2O3S. The summed E-state index contributed by atoms with van der Waals surface area (Å²) in [6.07, 6.45) is 1.12. The molecule has 1 heterocycles. The Morgan fingerprint density at radius 2 is 1.80 bits per heavy atom. The molecule has 0 aliphatic carbocycles. The Morgan fingerprint density at radius 1 is 1.08 bits per heavy atom. The first kappa shape index (κ1) is 17.6. The maximum absolute atomic E-state index is 12.6. The molecular weight excluding hydrogens is 336 g/mol. The zero-order valence-corrected chi connectivity index (χ0v) is 15.3. The first-order chi connectivity index (χ1) is 11.9. The van der Waals surface area contributed by atoms with Crippen LogP contribution in [0, 0.1) is 0 Å². The molecule has 0 N–H and O–H groups in total. The predicted molar refractivity (Wildman–Crippen MR) is 96.6 cm³/mol. The lowest BCUT2D eigenvalue weighted by Crippen LogP contribution is -2.37. The molecule has 0 aromatic heterocycles. The molecule has 3 rings (SSSR count). The van der Waals surface area contributed by atoms with Crippen LogP contribution >= 0.6 is 0 Å². The molecule has 0 atom stereocenters. The molecule has 25 heavy (non-hydrogen) atoms. The summed E-state index contributed by atoms with van der Waals surface area (Å²) in [5.41, 5.74) is 3.01. The van der Waals surface area contributed by atoms with Gasteiger partial charge in [-0.3, -0.25) is 4.79 Å². The molecule has 2 aromatic rings. The molecule has 0 spiro atoms. The minimum Gasteiger partial charge on any atom is -0.338 e. The summed E-state index contributed by atoms with van der Waals surface area (Å²) in [7, 11) is -0.430. The summed E-state index contributed by atoms with van der Waals surface area (Å²) in [5, 5.41) is 0. The van der Waals surface area contributed by atoms with Gasteiger partial charge in [0.1, 0.15) is 0 Å². The summed E-state index contributed by atoms with van der Waals surface area (Å²) in [6.45, 7) is 1.12. The predicted octanol–water partition coefficient (Wildman–Crippen LogP) is 2.06. The van der Waals surface area contributed by atoms with Crippen LogP contribution in [-0.4, -0.2) is 44.2 Å². The van der Waals surface area contributed by atoms with Gasteiger partial charge >= 0.3 is 0 Å². The summed E-state index contributed by atoms with van der Waals surface area (Å²) in [5.74, 6) is 0.0673. The molecule has 6 heteroatoms. The van der Waals surface area contributed by atoms with E-state index in [2.05, 4.69) is 0 Å². The lowest BCUT2D eigenvalue weighted by molar-refractivity contribution is -0.131. The Kier molecular flexibility index (Phi) is 4.92. The van der Waals surface area contributed by atoms with Crippen molar-refractivity contribution in [3.05, 3.63) is 65.2 Å². The fourth-order valence-electron chi connectivity index (χ4n) is 3.00. The van der Waals surface area contributed by atoms with E-state index in [1.165, 1.54) is 18.4 Å². The standard InChI is InChI=1S/C19H22N2O3S/c1-20(2)25(23,24)18-9-8-16-10-11-21(14-17(16)13-18)19(22)12-15-6-4-3-5-7-15/h3-9,13H,10-12,14H2,1-2H3. The van der Waals surface area contributed by atoms with Crippen LogP contribution in [0.3, 0.4) is 0 Å². The van der Waals surface area contributed by atoms with E-state index in [0.29, 0.717) is 19.5 Å². The molecule has 0 bridgehead atoms. The molecule has 1 aliphatic rings. The molecule has 1 aliphatic heterocycles. The van der Waals surface area contributed by atoms with Crippen molar-refractivity contribution in [3.63, 3.8) is 0 Å². The van der Waals surface area contributed by atoms with Gasteiger partial charge in [-0.1, -0.05) is 36.4 Å². The lowest BCUT2D eigenvalue weighted by Gasteiger charge is -2.29. The number of carbonyl (C=O) groups is 1. The fraction of sp³-hybridized carbons (Fsp3) is 0.316. The van der Waals surface area contributed by atoms with E-state index in [4.69, 9.17) is 0 Å². The van der Waals surface area contributed by atoms with Gasteiger partial charge in [-0.25, -0.2) is 12.7 Å². The summed E-state index contributed by atoms with van der Waals surface area (Å²) in [4.78, 5) is 14.6. The van der Waals surface area contributed by atoms with E-state index in [-0.39, 0.29) is 10.8 Å². The number of benzene rings is 2. The molecule has 132 valence electrons. The van der Waals surface area contributed by atoms with E-state index in [0.717, 1.165) is 23.1 Å². The molecule has 0 saturated carbocycles. The van der Waals surface area contributed by atoms with E-state index in [1.54, 1.807) is 17.0 Å². The Morgan fingerprint density at radius 3 is 2.48 bits per heavy atom. The van der Waals surface area contributed by atoms with Gasteiger partial charge in [0.25, 0.3) is 0 Å². The van der Waals surface area contributed by atoms with Gasteiger partial charge < -0.3 is 4.90 Å². The van der Waals surface area contributed by atoms with Crippen LogP contribution in [0.1, 0.15) is 16.7 Å². The first-order valence-electron chi connectivity index (χ1n) is 8.24. The second-order valence-electron chi connectivity index (χ2n) is 6.45. The Hall–Kier alpha value is -2.18. The molecule has 0 radical (unpaired) electrons. The van der Waals surface area contributed by atoms with Crippen molar-refractivity contribution >= 4 is 15.9 Å². The number of carbonyl (C=O) groups excluding carboxylic acids is 1. The van der Waals surface area contributed by atoms with Crippen LogP contribution in [0.15, 0.2) is 53.4 Å². The van der Waals surface area contributed by atoms with E-state index >= 15 is 0 Å². The van der Waals surface area contributed by atoms with Gasteiger partial charge in [0, 0.05) is 27.2 Å². The number of rotatable bonds is 4. The van der Waals surface area contributed by atoms with Crippen LogP contribution in [0.25, 0.3) is 0 Å².